The van der Waals surface area contributed by atoms with Gasteiger partial charge in [0, 0.05) is 49.0 Å². The van der Waals surface area contributed by atoms with Crippen LogP contribution in [-0.2, 0) is 4.79 Å². The number of likely N-dealkylation sites (tertiary alicyclic amines) is 1. The van der Waals surface area contributed by atoms with Gasteiger partial charge in [-0.1, -0.05) is 18.2 Å². The van der Waals surface area contributed by atoms with E-state index in [9.17, 15) is 4.79 Å². The molecule has 0 N–H and O–H groups in total. The number of hydrogen-bond donors (Lipinski definition) is 0. The molecule has 1 aliphatic heterocycles. The molecule has 0 bridgehead atoms. The number of hydrogen-bond acceptors (Lipinski definition) is 5. The fourth-order valence-electron chi connectivity index (χ4n) is 4.44. The fourth-order valence-corrected chi connectivity index (χ4v) is 4.44. The Morgan fingerprint density at radius 2 is 1.94 bits per heavy atom. The highest BCUT2D eigenvalue weighted by atomic mass is 16.5. The number of benzene rings is 2. The lowest BCUT2D eigenvalue weighted by molar-refractivity contribution is -0.127. The van der Waals surface area contributed by atoms with Gasteiger partial charge in [0.15, 0.2) is 11.5 Å². The lowest BCUT2D eigenvalue weighted by Gasteiger charge is -2.31. The summed E-state index contributed by atoms with van der Waals surface area (Å²) in [4.78, 5) is 22.7. The molecule has 0 radical (unpaired) electrons. The highest BCUT2D eigenvalue weighted by Crippen LogP contribution is 2.36. The summed E-state index contributed by atoms with van der Waals surface area (Å²) >= 11 is 0. The van der Waals surface area contributed by atoms with Crippen LogP contribution in [0.4, 0.5) is 0 Å². The minimum Gasteiger partial charge on any atom is -0.493 e. The molecule has 4 aromatic rings. The van der Waals surface area contributed by atoms with E-state index in [0.717, 1.165) is 40.5 Å². The molecule has 1 aliphatic rings. The highest BCUT2D eigenvalue weighted by molar-refractivity contribution is 5.91. The smallest absolute Gasteiger partial charge is 0.245 e. The summed E-state index contributed by atoms with van der Waals surface area (Å²) in [5.74, 6) is 2.04. The van der Waals surface area contributed by atoms with Crippen molar-refractivity contribution in [1.82, 2.24) is 19.4 Å². The van der Waals surface area contributed by atoms with Crippen LogP contribution in [-0.4, -0.2) is 51.6 Å². The Hall–Kier alpha value is -3.87. The maximum absolute atomic E-state index is 11.9. The van der Waals surface area contributed by atoms with Crippen LogP contribution in [0.25, 0.3) is 27.6 Å². The first-order valence-corrected chi connectivity index (χ1v) is 11.1. The second-order valence-electron chi connectivity index (χ2n) is 8.31. The zero-order chi connectivity index (χ0) is 22.9. The van der Waals surface area contributed by atoms with E-state index in [4.69, 9.17) is 9.47 Å². The predicted octanol–water partition coefficient (Wildman–Crippen LogP) is 4.45. The van der Waals surface area contributed by atoms with Gasteiger partial charge in [-0.15, -0.1) is 0 Å². The molecule has 5 rings (SSSR count). The van der Waals surface area contributed by atoms with Crippen LogP contribution >= 0.6 is 0 Å². The van der Waals surface area contributed by atoms with Gasteiger partial charge >= 0.3 is 0 Å². The van der Waals surface area contributed by atoms with Crippen molar-refractivity contribution in [1.29, 1.82) is 0 Å². The zero-order valence-corrected chi connectivity index (χ0v) is 18.8. The summed E-state index contributed by atoms with van der Waals surface area (Å²) in [5, 5.41) is 2.04. The number of aromatic nitrogens is 3. The number of rotatable bonds is 5. The molecule has 2 aromatic heterocycles. The van der Waals surface area contributed by atoms with E-state index in [1.807, 2.05) is 18.3 Å². The summed E-state index contributed by atoms with van der Waals surface area (Å²) < 4.78 is 14.1. The van der Waals surface area contributed by atoms with Gasteiger partial charge in [-0.05, 0) is 37.3 Å². The summed E-state index contributed by atoms with van der Waals surface area (Å²) in [7, 11) is 1.63. The van der Waals surface area contributed by atoms with E-state index in [1.54, 1.807) is 18.3 Å². The second-order valence-corrected chi connectivity index (χ2v) is 8.31. The number of amides is 1. The van der Waals surface area contributed by atoms with Gasteiger partial charge < -0.3 is 18.9 Å². The molecule has 0 spiro atoms. The lowest BCUT2D eigenvalue weighted by Crippen LogP contribution is -2.41. The van der Waals surface area contributed by atoms with Crippen LogP contribution in [0.1, 0.15) is 18.4 Å². The van der Waals surface area contributed by atoms with Crippen molar-refractivity contribution >= 4 is 27.7 Å². The summed E-state index contributed by atoms with van der Waals surface area (Å²) in [6, 6.07) is 12.3. The normalized spacial score (nSPS) is 14.5. The van der Waals surface area contributed by atoms with Crippen LogP contribution in [0.2, 0.25) is 0 Å². The number of carbonyl (C=O) groups excluding carboxylic acids is 1. The van der Waals surface area contributed by atoms with E-state index in [-0.39, 0.29) is 12.0 Å². The Balaban J connectivity index is 1.51. The van der Waals surface area contributed by atoms with Gasteiger partial charge in [-0.2, -0.15) is 0 Å². The molecule has 3 heterocycles. The van der Waals surface area contributed by atoms with E-state index < -0.39 is 0 Å². The molecule has 7 nitrogen and oxygen atoms in total. The van der Waals surface area contributed by atoms with Gasteiger partial charge in [0.05, 0.1) is 18.1 Å². The van der Waals surface area contributed by atoms with Crippen LogP contribution in [0.3, 0.4) is 0 Å². The molecule has 0 atom stereocenters. The minimum absolute atomic E-state index is 0.00585. The van der Waals surface area contributed by atoms with Gasteiger partial charge in [0.25, 0.3) is 0 Å². The lowest BCUT2D eigenvalue weighted by atomic mass is 10.1. The van der Waals surface area contributed by atoms with Gasteiger partial charge in [0.1, 0.15) is 18.2 Å². The number of piperidine rings is 1. The molecule has 0 saturated carbocycles. The maximum atomic E-state index is 11.9. The predicted molar refractivity (Wildman–Crippen MR) is 128 cm³/mol. The minimum atomic E-state index is -0.0346. The quantitative estimate of drug-likeness (QED) is 0.427. The fraction of sp³-hybridized carbons (Fsp3) is 0.269. The maximum Gasteiger partial charge on any atom is 0.245 e. The molecule has 7 heteroatoms. The summed E-state index contributed by atoms with van der Waals surface area (Å²) in [6.45, 7) is 6.96. The zero-order valence-electron chi connectivity index (χ0n) is 18.8. The molecule has 0 unspecified atom stereocenters. The average molecular weight is 443 g/mol. The number of methoxy groups -OCH3 is 1. The Kier molecular flexibility index (Phi) is 5.46. The van der Waals surface area contributed by atoms with E-state index in [0.29, 0.717) is 24.6 Å². The number of nitrogens with zero attached hydrogens (tertiary/aromatic N) is 4. The van der Waals surface area contributed by atoms with Crippen LogP contribution in [0.15, 0.2) is 61.6 Å². The van der Waals surface area contributed by atoms with Crippen molar-refractivity contribution in [2.75, 3.05) is 20.2 Å². The first kappa shape index (κ1) is 21.0. The van der Waals surface area contributed by atoms with Crippen molar-refractivity contribution in [3.8, 4) is 17.3 Å². The largest absolute Gasteiger partial charge is 0.493 e. The van der Waals surface area contributed by atoms with E-state index in [1.165, 1.54) is 11.6 Å². The Morgan fingerprint density at radius 3 is 2.70 bits per heavy atom. The summed E-state index contributed by atoms with van der Waals surface area (Å²) in [6.07, 6.45) is 6.46. The number of ether oxygens (including phenoxy) is 2. The Morgan fingerprint density at radius 1 is 1.12 bits per heavy atom. The van der Waals surface area contributed by atoms with Gasteiger partial charge in [-0.3, -0.25) is 4.79 Å². The molecule has 1 fully saturated rings. The monoisotopic (exact) mass is 442 g/mol. The van der Waals surface area contributed by atoms with Crippen LogP contribution in [0, 0.1) is 6.92 Å². The Labute approximate surface area is 192 Å². The van der Waals surface area contributed by atoms with Gasteiger partial charge in [0.2, 0.25) is 5.91 Å². The molecular formula is C26H26N4O3. The standard InChI is InChI=1S/C26H26N4O3/c1-4-25(31)29-10-8-19(9-11-29)33-24-14-20-21(15-23(24)32-3)27-16-28-26(20)30-12-7-18-13-17(2)5-6-22(18)30/h4-7,12-16,19H,1,8-11H2,2-3H3. The van der Waals surface area contributed by atoms with Gasteiger partial charge in [-0.25, -0.2) is 9.97 Å². The van der Waals surface area contributed by atoms with Crippen molar-refractivity contribution in [2.45, 2.75) is 25.9 Å². The first-order chi connectivity index (χ1) is 16.1. The topological polar surface area (TPSA) is 69.5 Å². The highest BCUT2D eigenvalue weighted by Gasteiger charge is 2.24. The third kappa shape index (κ3) is 3.91. The third-order valence-electron chi connectivity index (χ3n) is 6.20. The van der Waals surface area contributed by atoms with Crippen molar-refractivity contribution in [3.63, 3.8) is 0 Å². The van der Waals surface area contributed by atoms with Crippen LogP contribution < -0.4 is 9.47 Å². The average Bonchev–Trinajstić information content (AvgIpc) is 3.26. The van der Waals surface area contributed by atoms with Crippen molar-refractivity contribution in [3.05, 3.63) is 67.1 Å². The number of carbonyl (C=O) groups is 1. The third-order valence-corrected chi connectivity index (χ3v) is 6.20. The SMILES string of the molecule is C=CC(=O)N1CCC(Oc2cc3c(-n4ccc5cc(C)ccc54)ncnc3cc2OC)CC1. The number of fused-ring (bicyclic) bond motifs is 2. The van der Waals surface area contributed by atoms with Crippen molar-refractivity contribution < 1.29 is 14.3 Å². The summed E-state index contributed by atoms with van der Waals surface area (Å²) in [5.41, 5.74) is 3.08. The molecule has 0 aliphatic carbocycles. The molecular weight excluding hydrogens is 416 g/mol. The molecule has 1 amide bonds. The van der Waals surface area contributed by atoms with Crippen LogP contribution in [0.5, 0.6) is 11.5 Å². The first-order valence-electron chi connectivity index (χ1n) is 11.1. The molecule has 168 valence electrons. The second kappa shape index (κ2) is 8.58. The molecule has 33 heavy (non-hydrogen) atoms. The van der Waals surface area contributed by atoms with Crippen molar-refractivity contribution in [2.24, 2.45) is 0 Å². The van der Waals surface area contributed by atoms with E-state index in [2.05, 4.69) is 52.3 Å². The Bertz CT molecular complexity index is 1350. The van der Waals surface area contributed by atoms with E-state index >= 15 is 0 Å². The number of aryl methyl sites for hydroxylation is 1. The molecule has 1 saturated heterocycles. The molecule has 2 aromatic carbocycles.